The molecule has 1 aromatic rings. The van der Waals surface area contributed by atoms with Crippen molar-refractivity contribution in [2.75, 3.05) is 6.54 Å². The minimum Gasteiger partial charge on any atom is -0.393 e. The highest BCUT2D eigenvalue weighted by molar-refractivity contribution is 7.16. The molecule has 2 rings (SSSR count). The van der Waals surface area contributed by atoms with Gasteiger partial charge in [0.15, 0.2) is 0 Å². The summed E-state index contributed by atoms with van der Waals surface area (Å²) in [6.07, 6.45) is 3.15. The van der Waals surface area contributed by atoms with Crippen LogP contribution in [0.25, 0.3) is 0 Å². The van der Waals surface area contributed by atoms with E-state index in [9.17, 15) is 5.11 Å². The highest BCUT2D eigenvalue weighted by Crippen LogP contribution is 2.27. The second kappa shape index (κ2) is 5.50. The summed E-state index contributed by atoms with van der Waals surface area (Å²) in [6.45, 7) is 4.00. The summed E-state index contributed by atoms with van der Waals surface area (Å²) >= 11 is 7.58. The average Bonchev–Trinajstić information content (AvgIpc) is 2.77. The quantitative estimate of drug-likeness (QED) is 0.898. The monoisotopic (exact) mass is 259 g/mol. The molecular weight excluding hydrogens is 242 g/mol. The van der Waals surface area contributed by atoms with Crippen LogP contribution in [0.5, 0.6) is 0 Å². The van der Waals surface area contributed by atoms with Gasteiger partial charge in [-0.15, -0.1) is 11.3 Å². The molecular formula is C12H18ClNOS. The fourth-order valence-electron chi connectivity index (χ4n) is 2.40. The molecule has 0 saturated carbocycles. The molecule has 1 N–H and O–H groups in total. The lowest BCUT2D eigenvalue weighted by molar-refractivity contribution is 0.131. The molecule has 2 atom stereocenters. The molecule has 2 unspecified atom stereocenters. The van der Waals surface area contributed by atoms with E-state index in [0.29, 0.717) is 6.04 Å². The Hall–Kier alpha value is -0.0900. The second-order valence-electron chi connectivity index (χ2n) is 4.56. The minimum atomic E-state index is -0.197. The van der Waals surface area contributed by atoms with Crippen molar-refractivity contribution in [3.05, 3.63) is 21.3 Å². The van der Waals surface area contributed by atoms with Crippen molar-refractivity contribution in [1.82, 2.24) is 4.90 Å². The Balaban J connectivity index is 1.93. The van der Waals surface area contributed by atoms with Crippen LogP contribution in [0, 0.1) is 0 Å². The largest absolute Gasteiger partial charge is 0.393 e. The maximum atomic E-state index is 9.46. The lowest BCUT2D eigenvalue weighted by Crippen LogP contribution is -2.31. The van der Waals surface area contributed by atoms with Crippen LogP contribution in [0.15, 0.2) is 12.1 Å². The Labute approximate surface area is 106 Å². The first-order valence-corrected chi connectivity index (χ1v) is 7.01. The summed E-state index contributed by atoms with van der Waals surface area (Å²) < 4.78 is 0.862. The van der Waals surface area contributed by atoms with Gasteiger partial charge in [0.1, 0.15) is 0 Å². The number of hydrogen-bond donors (Lipinski definition) is 1. The molecule has 2 heterocycles. The zero-order chi connectivity index (χ0) is 11.5. The van der Waals surface area contributed by atoms with Gasteiger partial charge in [-0.3, -0.25) is 4.90 Å². The smallest absolute Gasteiger partial charge is 0.0931 e. The molecule has 0 aromatic carbocycles. The summed E-state index contributed by atoms with van der Waals surface area (Å²) in [5, 5.41) is 9.46. The van der Waals surface area contributed by atoms with Gasteiger partial charge >= 0.3 is 0 Å². The van der Waals surface area contributed by atoms with Crippen molar-refractivity contribution < 1.29 is 5.11 Å². The summed E-state index contributed by atoms with van der Waals surface area (Å²) in [7, 11) is 0. The molecule has 0 amide bonds. The Morgan fingerprint density at radius 1 is 1.62 bits per heavy atom. The van der Waals surface area contributed by atoms with E-state index in [-0.39, 0.29) is 6.10 Å². The molecule has 1 aliphatic heterocycles. The lowest BCUT2D eigenvalue weighted by atomic mass is 10.1. The fraction of sp³-hybridized carbons (Fsp3) is 0.667. The van der Waals surface area contributed by atoms with E-state index in [1.165, 1.54) is 17.7 Å². The van der Waals surface area contributed by atoms with Crippen molar-refractivity contribution in [1.29, 1.82) is 0 Å². The summed E-state index contributed by atoms with van der Waals surface area (Å²) in [5.74, 6) is 0. The molecule has 1 aromatic heterocycles. The van der Waals surface area contributed by atoms with E-state index in [1.54, 1.807) is 11.3 Å². The lowest BCUT2D eigenvalue weighted by Gasteiger charge is -2.24. The third kappa shape index (κ3) is 3.20. The van der Waals surface area contributed by atoms with E-state index in [4.69, 9.17) is 11.6 Å². The summed E-state index contributed by atoms with van der Waals surface area (Å²) in [5.41, 5.74) is 0. The molecule has 1 fully saturated rings. The van der Waals surface area contributed by atoms with Gasteiger partial charge in [0.25, 0.3) is 0 Å². The van der Waals surface area contributed by atoms with Crippen LogP contribution in [0.1, 0.15) is 31.1 Å². The molecule has 0 radical (unpaired) electrons. The van der Waals surface area contributed by atoms with Crippen LogP contribution in [0.3, 0.4) is 0 Å². The maximum absolute atomic E-state index is 9.46. The van der Waals surface area contributed by atoms with Gasteiger partial charge < -0.3 is 5.11 Å². The molecule has 0 bridgehead atoms. The zero-order valence-corrected chi connectivity index (χ0v) is 11.1. The third-order valence-electron chi connectivity index (χ3n) is 3.10. The van der Waals surface area contributed by atoms with Crippen LogP contribution in [-0.2, 0) is 6.54 Å². The van der Waals surface area contributed by atoms with Crippen molar-refractivity contribution >= 4 is 22.9 Å². The van der Waals surface area contributed by atoms with Crippen molar-refractivity contribution in [3.63, 3.8) is 0 Å². The first-order chi connectivity index (χ1) is 7.65. The van der Waals surface area contributed by atoms with Gasteiger partial charge in [-0.05, 0) is 44.9 Å². The van der Waals surface area contributed by atoms with Crippen molar-refractivity contribution in [3.8, 4) is 0 Å². The van der Waals surface area contributed by atoms with Gasteiger partial charge in [-0.2, -0.15) is 0 Å². The van der Waals surface area contributed by atoms with Gasteiger partial charge in [-0.25, -0.2) is 0 Å². The number of hydrogen-bond acceptors (Lipinski definition) is 3. The molecule has 0 aliphatic carbocycles. The SMILES string of the molecule is CC(O)CC1CCCN1Cc1ccc(Cl)s1. The van der Waals surface area contributed by atoms with Crippen LogP contribution < -0.4 is 0 Å². The van der Waals surface area contributed by atoms with E-state index in [0.717, 1.165) is 23.8 Å². The average molecular weight is 260 g/mol. The highest BCUT2D eigenvalue weighted by Gasteiger charge is 2.25. The van der Waals surface area contributed by atoms with Crippen molar-refractivity contribution in [2.45, 2.75) is 44.9 Å². The van der Waals surface area contributed by atoms with Crippen LogP contribution in [-0.4, -0.2) is 28.7 Å². The van der Waals surface area contributed by atoms with Gasteiger partial charge in [-0.1, -0.05) is 11.6 Å². The number of likely N-dealkylation sites (tertiary alicyclic amines) is 1. The number of aliphatic hydroxyl groups is 1. The van der Waals surface area contributed by atoms with E-state index in [1.807, 2.05) is 13.0 Å². The van der Waals surface area contributed by atoms with Crippen molar-refractivity contribution in [2.24, 2.45) is 0 Å². The van der Waals surface area contributed by atoms with E-state index < -0.39 is 0 Å². The molecule has 1 aliphatic rings. The summed E-state index contributed by atoms with van der Waals surface area (Å²) in [6, 6.07) is 4.60. The number of nitrogens with zero attached hydrogens (tertiary/aromatic N) is 1. The Bertz CT molecular complexity index is 340. The first-order valence-electron chi connectivity index (χ1n) is 5.81. The highest BCUT2D eigenvalue weighted by atomic mass is 35.5. The maximum Gasteiger partial charge on any atom is 0.0931 e. The predicted octanol–water partition coefficient (Wildman–Crippen LogP) is 3.14. The van der Waals surface area contributed by atoms with E-state index >= 15 is 0 Å². The number of thiophene rings is 1. The predicted molar refractivity (Wildman–Crippen MR) is 69.1 cm³/mol. The van der Waals surface area contributed by atoms with Crippen LogP contribution in [0.4, 0.5) is 0 Å². The van der Waals surface area contributed by atoms with Gasteiger partial charge in [0.05, 0.1) is 10.4 Å². The summed E-state index contributed by atoms with van der Waals surface area (Å²) in [4.78, 5) is 3.79. The normalized spacial score (nSPS) is 23.8. The Morgan fingerprint density at radius 2 is 2.44 bits per heavy atom. The minimum absolute atomic E-state index is 0.197. The molecule has 0 spiro atoms. The second-order valence-corrected chi connectivity index (χ2v) is 6.36. The zero-order valence-electron chi connectivity index (χ0n) is 9.53. The van der Waals surface area contributed by atoms with Crippen LogP contribution >= 0.6 is 22.9 Å². The molecule has 90 valence electrons. The number of aliphatic hydroxyl groups excluding tert-OH is 1. The van der Waals surface area contributed by atoms with Crippen LogP contribution in [0.2, 0.25) is 4.34 Å². The Morgan fingerprint density at radius 3 is 3.06 bits per heavy atom. The third-order valence-corrected chi connectivity index (χ3v) is 4.32. The Kier molecular flexibility index (Phi) is 4.25. The molecule has 16 heavy (non-hydrogen) atoms. The topological polar surface area (TPSA) is 23.5 Å². The number of halogens is 1. The molecule has 1 saturated heterocycles. The first kappa shape index (κ1) is 12.4. The molecule has 4 heteroatoms. The molecule has 2 nitrogen and oxygen atoms in total. The van der Waals surface area contributed by atoms with E-state index in [2.05, 4.69) is 11.0 Å². The van der Waals surface area contributed by atoms with Gasteiger partial charge in [0.2, 0.25) is 0 Å². The number of rotatable bonds is 4. The van der Waals surface area contributed by atoms with Gasteiger partial charge in [0, 0.05) is 17.5 Å². The fourth-order valence-corrected chi connectivity index (χ4v) is 3.51. The standard InChI is InChI=1S/C12H18ClNOS/c1-9(15)7-10-3-2-6-14(10)8-11-4-5-12(13)16-11/h4-5,9-10,15H,2-3,6-8H2,1H3.